The number of benzene rings is 1. The average Bonchev–Trinajstić information content (AvgIpc) is 2.71. The summed E-state index contributed by atoms with van der Waals surface area (Å²) >= 11 is 0. The van der Waals surface area contributed by atoms with Crippen LogP contribution in [0.5, 0.6) is 0 Å². The van der Waals surface area contributed by atoms with Gasteiger partial charge in [0.1, 0.15) is 6.07 Å². The molecule has 0 radical (unpaired) electrons. The molecule has 0 aliphatic carbocycles. The van der Waals surface area contributed by atoms with Crippen molar-refractivity contribution in [1.82, 2.24) is 4.90 Å². The molecule has 0 bridgehead atoms. The van der Waals surface area contributed by atoms with Gasteiger partial charge in [0.2, 0.25) is 0 Å². The predicted octanol–water partition coefficient (Wildman–Crippen LogP) is 2.25. The number of rotatable bonds is 2. The zero-order valence-corrected chi connectivity index (χ0v) is 11.6. The van der Waals surface area contributed by atoms with Crippen LogP contribution in [-0.2, 0) is 0 Å². The van der Waals surface area contributed by atoms with Gasteiger partial charge in [-0.3, -0.25) is 0 Å². The van der Waals surface area contributed by atoms with Crippen LogP contribution < -0.4 is 4.90 Å². The van der Waals surface area contributed by atoms with Gasteiger partial charge in [-0.25, -0.2) is 0 Å². The van der Waals surface area contributed by atoms with Crippen LogP contribution in [0.15, 0.2) is 18.2 Å². The molecule has 1 aromatic carbocycles. The van der Waals surface area contributed by atoms with Crippen molar-refractivity contribution in [3.05, 3.63) is 29.3 Å². The molecule has 1 saturated heterocycles. The first-order valence-electron chi connectivity index (χ1n) is 6.45. The molecule has 2 atom stereocenters. The highest BCUT2D eigenvalue weighted by molar-refractivity contribution is 5.61. The van der Waals surface area contributed by atoms with E-state index in [2.05, 4.69) is 49.9 Å². The van der Waals surface area contributed by atoms with E-state index in [-0.39, 0.29) is 0 Å². The van der Waals surface area contributed by atoms with Gasteiger partial charge in [0.25, 0.3) is 0 Å². The maximum atomic E-state index is 9.22. The Hall–Kier alpha value is -1.53. The van der Waals surface area contributed by atoms with Crippen molar-refractivity contribution in [1.29, 1.82) is 5.26 Å². The molecule has 1 fully saturated rings. The first-order valence-corrected chi connectivity index (χ1v) is 6.45. The number of likely N-dealkylation sites (N-methyl/N-ethyl adjacent to an activating group) is 1. The van der Waals surface area contributed by atoms with E-state index in [4.69, 9.17) is 0 Å². The van der Waals surface area contributed by atoms with Crippen molar-refractivity contribution in [3.63, 3.8) is 0 Å². The minimum atomic E-state index is 0.567. The molecule has 3 nitrogen and oxygen atoms in total. The van der Waals surface area contributed by atoms with Crippen LogP contribution in [-0.4, -0.2) is 38.1 Å². The molecule has 0 N–H and O–H groups in total. The summed E-state index contributed by atoms with van der Waals surface area (Å²) in [6.07, 6.45) is 0. The monoisotopic (exact) mass is 243 g/mol. The van der Waals surface area contributed by atoms with Crippen molar-refractivity contribution in [2.45, 2.75) is 19.9 Å². The van der Waals surface area contributed by atoms with Gasteiger partial charge in [-0.05, 0) is 44.6 Å². The number of anilines is 1. The van der Waals surface area contributed by atoms with E-state index >= 15 is 0 Å². The summed E-state index contributed by atoms with van der Waals surface area (Å²) in [5.41, 5.74) is 3.09. The second-order valence-corrected chi connectivity index (χ2v) is 5.55. The normalized spacial score (nSPS) is 23.4. The molecular weight excluding hydrogens is 222 g/mol. The van der Waals surface area contributed by atoms with Gasteiger partial charge in [-0.1, -0.05) is 13.0 Å². The molecule has 2 rings (SSSR count). The van der Waals surface area contributed by atoms with Crippen LogP contribution in [0, 0.1) is 24.2 Å². The van der Waals surface area contributed by atoms with Crippen LogP contribution in [0.1, 0.15) is 18.1 Å². The predicted molar refractivity (Wildman–Crippen MR) is 74.7 cm³/mol. The first kappa shape index (κ1) is 12.9. The van der Waals surface area contributed by atoms with E-state index in [0.29, 0.717) is 12.0 Å². The van der Waals surface area contributed by atoms with Gasteiger partial charge in [0.15, 0.2) is 0 Å². The summed E-state index contributed by atoms with van der Waals surface area (Å²) < 4.78 is 0. The first-order chi connectivity index (χ1) is 8.52. The van der Waals surface area contributed by atoms with E-state index in [1.54, 1.807) is 0 Å². The summed E-state index contributed by atoms with van der Waals surface area (Å²) in [5, 5.41) is 9.22. The summed E-state index contributed by atoms with van der Waals surface area (Å²) in [6, 6.07) is 8.93. The third-order valence-electron chi connectivity index (χ3n) is 3.85. The average molecular weight is 243 g/mol. The lowest BCUT2D eigenvalue weighted by atomic mass is 10.1. The summed E-state index contributed by atoms with van der Waals surface area (Å²) in [5.74, 6) is 0.632. The fraction of sp³-hybridized carbons (Fsp3) is 0.533. The molecule has 0 spiro atoms. The zero-order chi connectivity index (χ0) is 13.3. The molecular formula is C15H21N3. The Labute approximate surface area is 110 Å². The summed E-state index contributed by atoms with van der Waals surface area (Å²) in [6.45, 7) is 6.40. The Morgan fingerprint density at radius 3 is 2.61 bits per heavy atom. The Kier molecular flexibility index (Phi) is 3.58. The fourth-order valence-electron chi connectivity index (χ4n) is 2.82. The van der Waals surface area contributed by atoms with Crippen molar-refractivity contribution >= 4 is 5.69 Å². The highest BCUT2D eigenvalue weighted by Gasteiger charge is 2.31. The van der Waals surface area contributed by atoms with E-state index < -0.39 is 0 Å². The second-order valence-electron chi connectivity index (χ2n) is 5.55. The quantitative estimate of drug-likeness (QED) is 0.798. The lowest BCUT2D eigenvalue weighted by molar-refractivity contribution is 0.266. The topological polar surface area (TPSA) is 30.3 Å². The number of nitrogens with zero attached hydrogens (tertiary/aromatic N) is 3. The molecule has 96 valence electrons. The third-order valence-corrected chi connectivity index (χ3v) is 3.85. The molecule has 1 aliphatic rings. The van der Waals surface area contributed by atoms with E-state index in [1.807, 2.05) is 12.1 Å². The summed E-state index contributed by atoms with van der Waals surface area (Å²) in [4.78, 5) is 4.63. The van der Waals surface area contributed by atoms with Gasteiger partial charge in [-0.2, -0.15) is 5.26 Å². The maximum Gasteiger partial charge on any atom is 0.101 e. The number of aryl methyl sites for hydroxylation is 1. The molecule has 1 heterocycles. The van der Waals surface area contributed by atoms with Crippen LogP contribution in [0.2, 0.25) is 0 Å². The zero-order valence-electron chi connectivity index (χ0n) is 11.6. The Bertz CT molecular complexity index is 473. The standard InChI is InChI=1S/C15H21N3/c1-11-5-6-13(8-16)14(7-11)18-9-12(2)15(10-18)17(3)4/h5-7,12,15H,9-10H2,1-4H3. The number of hydrogen-bond donors (Lipinski definition) is 0. The highest BCUT2D eigenvalue weighted by atomic mass is 15.2. The lowest BCUT2D eigenvalue weighted by Gasteiger charge is -2.23. The Balaban J connectivity index is 2.29. The van der Waals surface area contributed by atoms with Crippen molar-refractivity contribution < 1.29 is 0 Å². The SMILES string of the molecule is Cc1ccc(C#N)c(N2CC(C)C(N(C)C)C2)c1. The third kappa shape index (κ3) is 2.34. The molecule has 1 aromatic rings. The lowest BCUT2D eigenvalue weighted by Crippen LogP contribution is -2.34. The second kappa shape index (κ2) is 4.99. The minimum absolute atomic E-state index is 0.567. The Morgan fingerprint density at radius 1 is 1.33 bits per heavy atom. The largest absolute Gasteiger partial charge is 0.369 e. The van der Waals surface area contributed by atoms with E-state index in [0.717, 1.165) is 24.3 Å². The highest BCUT2D eigenvalue weighted by Crippen LogP contribution is 2.29. The molecule has 0 aromatic heterocycles. The van der Waals surface area contributed by atoms with Gasteiger partial charge in [0.05, 0.1) is 11.3 Å². The van der Waals surface area contributed by atoms with Gasteiger partial charge < -0.3 is 9.80 Å². The van der Waals surface area contributed by atoms with Gasteiger partial charge in [0, 0.05) is 19.1 Å². The van der Waals surface area contributed by atoms with Gasteiger partial charge in [-0.15, -0.1) is 0 Å². The van der Waals surface area contributed by atoms with Crippen molar-refractivity contribution in [2.24, 2.45) is 5.92 Å². The number of nitriles is 1. The molecule has 1 aliphatic heterocycles. The minimum Gasteiger partial charge on any atom is -0.369 e. The van der Waals surface area contributed by atoms with Crippen LogP contribution >= 0.6 is 0 Å². The van der Waals surface area contributed by atoms with E-state index in [9.17, 15) is 5.26 Å². The van der Waals surface area contributed by atoms with Crippen LogP contribution in [0.4, 0.5) is 5.69 Å². The van der Waals surface area contributed by atoms with Crippen LogP contribution in [0.25, 0.3) is 0 Å². The van der Waals surface area contributed by atoms with Crippen molar-refractivity contribution in [3.8, 4) is 6.07 Å². The molecule has 0 saturated carbocycles. The van der Waals surface area contributed by atoms with Crippen molar-refractivity contribution in [2.75, 3.05) is 32.1 Å². The molecule has 2 unspecified atom stereocenters. The molecule has 3 heteroatoms. The summed E-state index contributed by atoms with van der Waals surface area (Å²) in [7, 11) is 4.26. The van der Waals surface area contributed by atoms with Gasteiger partial charge >= 0.3 is 0 Å². The molecule has 0 amide bonds. The fourth-order valence-corrected chi connectivity index (χ4v) is 2.82. The van der Waals surface area contributed by atoms with Crippen LogP contribution in [0.3, 0.4) is 0 Å². The smallest absolute Gasteiger partial charge is 0.101 e. The Morgan fingerprint density at radius 2 is 2.06 bits per heavy atom. The number of hydrogen-bond acceptors (Lipinski definition) is 3. The van der Waals surface area contributed by atoms with E-state index in [1.165, 1.54) is 5.56 Å². The molecule has 18 heavy (non-hydrogen) atoms. The maximum absolute atomic E-state index is 9.22.